The molecule has 0 spiro atoms. The third-order valence-electron chi connectivity index (χ3n) is 4.68. The van der Waals surface area contributed by atoms with Crippen LogP contribution in [0.5, 0.6) is 5.75 Å². The van der Waals surface area contributed by atoms with Crippen molar-refractivity contribution in [3.8, 4) is 18.1 Å². The minimum absolute atomic E-state index is 0.102. The van der Waals surface area contributed by atoms with Crippen LogP contribution in [0, 0.1) is 33.1 Å². The molecule has 1 N–H and O–H groups in total. The zero-order chi connectivity index (χ0) is 21.3. The van der Waals surface area contributed by atoms with Crippen LogP contribution >= 0.6 is 0 Å². The van der Waals surface area contributed by atoms with Crippen LogP contribution in [0.1, 0.15) is 22.7 Å². The van der Waals surface area contributed by atoms with Crippen molar-refractivity contribution < 1.29 is 22.5 Å². The van der Waals surface area contributed by atoms with Gasteiger partial charge in [0.1, 0.15) is 11.4 Å². The van der Waals surface area contributed by atoms with E-state index >= 15 is 0 Å². The first-order valence-corrected chi connectivity index (χ1v) is 10.2. The number of fused-ring (bicyclic) bond motifs is 1. The van der Waals surface area contributed by atoms with Gasteiger partial charge in [-0.05, 0) is 44.5 Å². The third kappa shape index (κ3) is 3.59. The largest absolute Gasteiger partial charge is 0.497 e. The Bertz CT molecular complexity index is 1210. The van der Waals surface area contributed by atoms with Crippen LogP contribution in [0.25, 0.3) is 10.9 Å². The molecule has 152 valence electrons. The second-order valence-corrected chi connectivity index (χ2v) is 8.38. The number of H-pyrrole nitrogens is 1. The number of amides is 1. The molecule has 1 aromatic carbocycles. The summed E-state index contributed by atoms with van der Waals surface area (Å²) in [6.45, 7) is 4.40. The van der Waals surface area contributed by atoms with Crippen LogP contribution in [-0.4, -0.2) is 42.4 Å². The molecule has 9 heteroatoms. The molecule has 3 rings (SSSR count). The van der Waals surface area contributed by atoms with Gasteiger partial charge in [-0.2, -0.15) is 0 Å². The number of hydrogen-bond acceptors (Lipinski definition) is 6. The van der Waals surface area contributed by atoms with Crippen molar-refractivity contribution in [1.29, 1.82) is 0 Å². The van der Waals surface area contributed by atoms with E-state index in [1.54, 1.807) is 19.2 Å². The van der Waals surface area contributed by atoms with E-state index in [-0.39, 0.29) is 22.8 Å². The third-order valence-corrected chi connectivity index (χ3v) is 6.70. The quantitative estimate of drug-likeness (QED) is 0.620. The van der Waals surface area contributed by atoms with Crippen LogP contribution < -0.4 is 4.74 Å². The van der Waals surface area contributed by atoms with Gasteiger partial charge in [-0.15, -0.1) is 6.42 Å². The van der Waals surface area contributed by atoms with E-state index in [2.05, 4.69) is 16.1 Å². The first kappa shape index (κ1) is 20.5. The number of terminal acetylenes is 1. The van der Waals surface area contributed by atoms with Crippen LogP contribution in [0.4, 0.5) is 0 Å². The smallest absolute Gasteiger partial charge is 0.272 e. The van der Waals surface area contributed by atoms with E-state index in [0.717, 1.165) is 16.6 Å². The fourth-order valence-corrected chi connectivity index (χ4v) is 4.91. The number of benzene rings is 1. The molecule has 0 aliphatic heterocycles. The zero-order valence-corrected chi connectivity index (χ0v) is 17.4. The molecule has 29 heavy (non-hydrogen) atoms. The predicted octanol–water partition coefficient (Wildman–Crippen LogP) is 2.48. The summed E-state index contributed by atoms with van der Waals surface area (Å²) < 4.78 is 37.2. The second kappa shape index (κ2) is 7.64. The van der Waals surface area contributed by atoms with Crippen molar-refractivity contribution in [2.24, 2.45) is 0 Å². The molecule has 0 aliphatic rings. The number of carbonyl (C=O) groups is 1. The highest BCUT2D eigenvalue weighted by molar-refractivity contribution is 7.89. The maximum atomic E-state index is 13.1. The first-order valence-electron chi connectivity index (χ1n) is 8.77. The summed E-state index contributed by atoms with van der Waals surface area (Å²) in [5.41, 5.74) is 2.44. The molecule has 0 saturated heterocycles. The summed E-state index contributed by atoms with van der Waals surface area (Å²) in [5.74, 6) is 2.34. The highest BCUT2D eigenvalue weighted by Gasteiger charge is 2.34. The van der Waals surface area contributed by atoms with E-state index in [9.17, 15) is 13.2 Å². The van der Waals surface area contributed by atoms with Gasteiger partial charge in [0, 0.05) is 16.6 Å². The second-order valence-electron chi connectivity index (χ2n) is 6.58. The number of rotatable bonds is 6. The van der Waals surface area contributed by atoms with Crippen molar-refractivity contribution >= 4 is 26.8 Å². The van der Waals surface area contributed by atoms with Gasteiger partial charge in [-0.1, -0.05) is 11.1 Å². The minimum Gasteiger partial charge on any atom is -0.497 e. The van der Waals surface area contributed by atoms with Gasteiger partial charge in [0.2, 0.25) is 5.91 Å². The van der Waals surface area contributed by atoms with Gasteiger partial charge < -0.3 is 14.2 Å². The van der Waals surface area contributed by atoms with Gasteiger partial charge in [0.15, 0.2) is 10.7 Å². The Kier molecular flexibility index (Phi) is 5.40. The summed E-state index contributed by atoms with van der Waals surface area (Å²) in [7, 11) is -2.66. The number of aromatic nitrogens is 2. The summed E-state index contributed by atoms with van der Waals surface area (Å²) in [6, 6.07) is 5.45. The Hall–Kier alpha value is -3.25. The van der Waals surface area contributed by atoms with Crippen LogP contribution in [-0.2, 0) is 21.2 Å². The van der Waals surface area contributed by atoms with Crippen molar-refractivity contribution in [2.45, 2.75) is 32.1 Å². The topological polar surface area (TPSA) is 106 Å². The number of ether oxygens (including phenoxy) is 1. The number of sulfonamides is 1. The zero-order valence-electron chi connectivity index (χ0n) is 16.6. The lowest BCUT2D eigenvalue weighted by atomic mass is 10.1. The Balaban J connectivity index is 2.03. The first-order chi connectivity index (χ1) is 13.7. The minimum atomic E-state index is -4.21. The summed E-state index contributed by atoms with van der Waals surface area (Å²) in [4.78, 5) is 16.1. The number of methoxy groups -OCH3 is 1. The molecule has 0 bridgehead atoms. The Morgan fingerprint density at radius 3 is 2.66 bits per heavy atom. The molecule has 0 radical (unpaired) electrons. The number of carbonyl (C=O) groups excluding carboxylic acids is 1. The van der Waals surface area contributed by atoms with Crippen LogP contribution in [0.2, 0.25) is 0 Å². The van der Waals surface area contributed by atoms with Gasteiger partial charge >= 0.3 is 0 Å². The van der Waals surface area contributed by atoms with Crippen molar-refractivity contribution in [1.82, 2.24) is 14.4 Å². The van der Waals surface area contributed by atoms with E-state index in [1.165, 1.54) is 13.8 Å². The number of nitrogens with one attached hydrogen (secondary N) is 1. The van der Waals surface area contributed by atoms with E-state index in [4.69, 9.17) is 15.7 Å². The molecule has 0 atom stereocenters. The number of nitrogens with zero attached hydrogens (tertiary/aromatic N) is 2. The average Bonchev–Trinajstić information content (AvgIpc) is 3.17. The molecule has 0 aliphatic carbocycles. The van der Waals surface area contributed by atoms with Gasteiger partial charge in [0.05, 0.1) is 20.1 Å². The molecule has 8 nitrogen and oxygen atoms in total. The van der Waals surface area contributed by atoms with Crippen LogP contribution in [0.15, 0.2) is 27.6 Å². The lowest BCUT2D eigenvalue weighted by Gasteiger charge is -2.20. The molecule has 0 fully saturated rings. The van der Waals surface area contributed by atoms with Crippen molar-refractivity contribution in [3.63, 3.8) is 0 Å². The normalized spacial score (nSPS) is 11.4. The summed E-state index contributed by atoms with van der Waals surface area (Å²) in [5, 5.41) is 4.45. The average molecular weight is 415 g/mol. The van der Waals surface area contributed by atoms with Gasteiger partial charge in [-0.25, -0.2) is 12.7 Å². The molecule has 0 saturated carbocycles. The van der Waals surface area contributed by atoms with E-state index < -0.39 is 22.5 Å². The standard InChI is InChI=1S/C20H21N3O5S/c1-6-9-23(29(25,26)20-13(3)22-28-14(20)4)19(24)11-16-12(2)21-18-8-7-15(27-5)10-17(16)18/h1,7-8,10,21H,9,11H2,2-5H3. The fraction of sp³-hybridized carbons (Fsp3) is 0.300. The highest BCUT2D eigenvalue weighted by atomic mass is 32.2. The van der Waals surface area contributed by atoms with Crippen molar-refractivity contribution in [3.05, 3.63) is 40.9 Å². The molecule has 2 heterocycles. The van der Waals surface area contributed by atoms with E-state index in [1.807, 2.05) is 13.0 Å². The van der Waals surface area contributed by atoms with Gasteiger partial charge in [0.25, 0.3) is 10.0 Å². The SMILES string of the molecule is C#CCN(C(=O)Cc1c(C)[nH]c2ccc(OC)cc12)S(=O)(=O)c1c(C)noc1C. The molecular weight excluding hydrogens is 394 g/mol. The Labute approximate surface area is 168 Å². The Morgan fingerprint density at radius 2 is 2.07 bits per heavy atom. The maximum Gasteiger partial charge on any atom is 0.272 e. The number of aromatic amines is 1. The molecule has 0 unspecified atom stereocenters. The Morgan fingerprint density at radius 1 is 1.34 bits per heavy atom. The van der Waals surface area contributed by atoms with E-state index in [0.29, 0.717) is 15.6 Å². The number of hydrogen-bond donors (Lipinski definition) is 1. The summed E-state index contributed by atoms with van der Waals surface area (Å²) in [6.07, 6.45) is 5.21. The highest BCUT2D eigenvalue weighted by Crippen LogP contribution is 2.28. The van der Waals surface area contributed by atoms with Gasteiger partial charge in [-0.3, -0.25) is 4.79 Å². The molecule has 2 aromatic heterocycles. The molecule has 3 aromatic rings. The lowest BCUT2D eigenvalue weighted by molar-refractivity contribution is -0.125. The fourth-order valence-electron chi connectivity index (χ4n) is 3.30. The molecule has 1 amide bonds. The monoisotopic (exact) mass is 415 g/mol. The number of aryl methyl sites for hydroxylation is 3. The molecular formula is C20H21N3O5S. The van der Waals surface area contributed by atoms with Crippen LogP contribution in [0.3, 0.4) is 0 Å². The maximum absolute atomic E-state index is 13.1. The van der Waals surface area contributed by atoms with Crippen molar-refractivity contribution in [2.75, 3.05) is 13.7 Å². The predicted molar refractivity (Wildman–Crippen MR) is 107 cm³/mol. The lowest BCUT2D eigenvalue weighted by Crippen LogP contribution is -2.38. The summed E-state index contributed by atoms with van der Waals surface area (Å²) >= 11 is 0.